The summed E-state index contributed by atoms with van der Waals surface area (Å²) in [6.07, 6.45) is -0.813. The first kappa shape index (κ1) is 29.4. The average molecular weight is 539 g/mol. The molecule has 8 heteroatoms. The number of carbonyl (C=O) groups is 1. The number of hydrogen-bond acceptors (Lipinski definition) is 5. The zero-order valence-corrected chi connectivity index (χ0v) is 23.5. The molecular formula is C30H38N2O5S. The van der Waals surface area contributed by atoms with Crippen LogP contribution in [0.15, 0.2) is 77.7 Å². The molecule has 3 rings (SSSR count). The summed E-state index contributed by atoms with van der Waals surface area (Å²) < 4.78 is 33.7. The predicted molar refractivity (Wildman–Crippen MR) is 150 cm³/mol. The van der Waals surface area contributed by atoms with Gasteiger partial charge in [0.2, 0.25) is 10.0 Å². The summed E-state index contributed by atoms with van der Waals surface area (Å²) in [5.74, 6) is 0.275. The van der Waals surface area contributed by atoms with Gasteiger partial charge in [-0.25, -0.2) is 8.42 Å². The Hall–Kier alpha value is -3.20. The van der Waals surface area contributed by atoms with Crippen LogP contribution in [-0.2, 0) is 16.4 Å². The topological polar surface area (TPSA) is 95.9 Å². The normalized spacial score (nSPS) is 13.4. The van der Waals surface area contributed by atoms with Crippen LogP contribution in [0, 0.1) is 19.8 Å². The number of amides is 1. The van der Waals surface area contributed by atoms with Crippen molar-refractivity contribution in [3.05, 3.63) is 95.1 Å². The van der Waals surface area contributed by atoms with Crippen molar-refractivity contribution < 1.29 is 23.1 Å². The quantitative estimate of drug-likeness (QED) is 0.357. The number of sulfonamides is 1. The molecule has 7 nitrogen and oxygen atoms in total. The van der Waals surface area contributed by atoms with E-state index in [0.717, 1.165) is 16.7 Å². The maximum Gasteiger partial charge on any atom is 0.252 e. The third kappa shape index (κ3) is 7.43. The summed E-state index contributed by atoms with van der Waals surface area (Å²) in [6, 6.07) is 20.6. The molecule has 0 bridgehead atoms. The molecule has 0 radical (unpaired) electrons. The predicted octanol–water partition coefficient (Wildman–Crippen LogP) is 4.36. The number of aryl methyl sites for hydroxylation is 2. The molecule has 0 unspecified atom stereocenters. The number of nitrogens with zero attached hydrogens (tertiary/aromatic N) is 1. The minimum absolute atomic E-state index is 0.0204. The highest BCUT2D eigenvalue weighted by Crippen LogP contribution is 2.22. The minimum atomic E-state index is -3.91. The summed E-state index contributed by atoms with van der Waals surface area (Å²) in [4.78, 5) is 13.5. The Labute approximate surface area is 226 Å². The molecular weight excluding hydrogens is 500 g/mol. The van der Waals surface area contributed by atoms with Gasteiger partial charge in [-0.05, 0) is 67.1 Å². The van der Waals surface area contributed by atoms with Crippen LogP contribution in [0.3, 0.4) is 0 Å². The lowest BCUT2D eigenvalue weighted by atomic mass is 9.98. The fourth-order valence-corrected chi connectivity index (χ4v) is 6.10. The van der Waals surface area contributed by atoms with Crippen molar-refractivity contribution in [2.24, 2.45) is 5.92 Å². The fourth-order valence-electron chi connectivity index (χ4n) is 4.48. The van der Waals surface area contributed by atoms with Crippen LogP contribution >= 0.6 is 0 Å². The zero-order chi connectivity index (χ0) is 27.9. The summed E-state index contributed by atoms with van der Waals surface area (Å²) in [6.45, 7) is 7.64. The van der Waals surface area contributed by atoms with E-state index in [2.05, 4.69) is 5.32 Å². The molecule has 3 aromatic carbocycles. The van der Waals surface area contributed by atoms with Gasteiger partial charge in [-0.2, -0.15) is 4.31 Å². The Morgan fingerprint density at radius 2 is 1.53 bits per heavy atom. The largest absolute Gasteiger partial charge is 0.497 e. The van der Waals surface area contributed by atoms with Crippen LogP contribution in [0.4, 0.5) is 0 Å². The number of rotatable bonds is 12. The number of hydrogen-bond donors (Lipinski definition) is 2. The Morgan fingerprint density at radius 1 is 0.921 bits per heavy atom. The molecule has 2 N–H and O–H groups in total. The highest BCUT2D eigenvalue weighted by Gasteiger charge is 2.31. The molecule has 3 aromatic rings. The molecule has 2 atom stereocenters. The van der Waals surface area contributed by atoms with Crippen molar-refractivity contribution in [2.45, 2.75) is 51.2 Å². The maximum atomic E-state index is 13.6. The lowest BCUT2D eigenvalue weighted by molar-refractivity contribution is 0.0775. The van der Waals surface area contributed by atoms with Gasteiger partial charge in [-0.1, -0.05) is 62.4 Å². The zero-order valence-electron chi connectivity index (χ0n) is 22.7. The summed E-state index contributed by atoms with van der Waals surface area (Å²) >= 11 is 0. The average Bonchev–Trinajstić information content (AvgIpc) is 2.88. The first-order valence-electron chi connectivity index (χ1n) is 12.8. The summed E-state index contributed by atoms with van der Waals surface area (Å²) in [5, 5.41) is 14.4. The Kier molecular flexibility index (Phi) is 10.1. The number of ether oxygens (including phenoxy) is 1. The number of aliphatic hydroxyl groups excluding tert-OH is 1. The van der Waals surface area contributed by atoms with Gasteiger partial charge in [0.05, 0.1) is 24.2 Å². The Morgan fingerprint density at radius 3 is 2.08 bits per heavy atom. The van der Waals surface area contributed by atoms with Gasteiger partial charge in [0, 0.05) is 18.7 Å². The van der Waals surface area contributed by atoms with Crippen LogP contribution in [-0.4, -0.2) is 56.1 Å². The number of benzene rings is 3. The second-order valence-electron chi connectivity index (χ2n) is 10.00. The van der Waals surface area contributed by atoms with E-state index < -0.39 is 22.2 Å². The van der Waals surface area contributed by atoms with E-state index in [1.165, 1.54) is 23.5 Å². The maximum absolute atomic E-state index is 13.6. The Balaban J connectivity index is 1.91. The van der Waals surface area contributed by atoms with E-state index in [9.17, 15) is 18.3 Å². The molecule has 0 aromatic heterocycles. The van der Waals surface area contributed by atoms with E-state index in [4.69, 9.17) is 4.74 Å². The van der Waals surface area contributed by atoms with Crippen LogP contribution in [0.1, 0.15) is 40.9 Å². The van der Waals surface area contributed by atoms with E-state index in [1.807, 2.05) is 76.2 Å². The smallest absolute Gasteiger partial charge is 0.252 e. The molecule has 0 aliphatic carbocycles. The SMILES string of the molecule is COc1ccc(S(=O)(=O)N(CC(C)C)C[C@@H](O)[C@H](Cc2ccccc2)NC(=O)c2c(C)cccc2C)cc1. The van der Waals surface area contributed by atoms with Gasteiger partial charge in [0.15, 0.2) is 0 Å². The van der Waals surface area contributed by atoms with E-state index in [0.29, 0.717) is 17.7 Å². The van der Waals surface area contributed by atoms with Crippen molar-refractivity contribution in [3.8, 4) is 5.75 Å². The van der Waals surface area contributed by atoms with Crippen molar-refractivity contribution >= 4 is 15.9 Å². The van der Waals surface area contributed by atoms with Crippen molar-refractivity contribution in [3.63, 3.8) is 0 Å². The molecule has 38 heavy (non-hydrogen) atoms. The highest BCUT2D eigenvalue weighted by molar-refractivity contribution is 7.89. The van der Waals surface area contributed by atoms with Gasteiger partial charge in [0.1, 0.15) is 5.75 Å². The third-order valence-corrected chi connectivity index (χ3v) is 8.29. The van der Waals surface area contributed by atoms with Gasteiger partial charge in [-0.15, -0.1) is 0 Å². The van der Waals surface area contributed by atoms with Gasteiger partial charge < -0.3 is 15.2 Å². The van der Waals surface area contributed by atoms with Crippen molar-refractivity contribution in [1.29, 1.82) is 0 Å². The van der Waals surface area contributed by atoms with Crippen molar-refractivity contribution in [1.82, 2.24) is 9.62 Å². The molecule has 204 valence electrons. The van der Waals surface area contributed by atoms with Crippen LogP contribution in [0.2, 0.25) is 0 Å². The van der Waals surface area contributed by atoms with Gasteiger partial charge in [0.25, 0.3) is 5.91 Å². The molecule has 0 aliphatic rings. The fraction of sp³-hybridized carbons (Fsp3) is 0.367. The second-order valence-corrected chi connectivity index (χ2v) is 11.9. The van der Waals surface area contributed by atoms with Crippen LogP contribution in [0.25, 0.3) is 0 Å². The second kappa shape index (κ2) is 13.0. The third-order valence-electron chi connectivity index (χ3n) is 6.44. The van der Waals surface area contributed by atoms with Crippen LogP contribution in [0.5, 0.6) is 5.75 Å². The molecule has 0 heterocycles. The summed E-state index contributed by atoms with van der Waals surface area (Å²) in [5.41, 5.74) is 3.15. The molecule has 0 aliphatic heterocycles. The lowest BCUT2D eigenvalue weighted by Gasteiger charge is -2.31. The van der Waals surface area contributed by atoms with Crippen molar-refractivity contribution in [2.75, 3.05) is 20.2 Å². The minimum Gasteiger partial charge on any atom is -0.497 e. The monoisotopic (exact) mass is 538 g/mol. The summed E-state index contributed by atoms with van der Waals surface area (Å²) in [7, 11) is -2.39. The Bertz CT molecular complexity index is 1290. The first-order valence-corrected chi connectivity index (χ1v) is 14.2. The number of nitrogens with one attached hydrogen (secondary N) is 1. The van der Waals surface area contributed by atoms with E-state index in [-0.39, 0.29) is 29.8 Å². The standard InChI is InChI=1S/C30H38N2O5S/c1-21(2)19-32(38(35,36)26-16-14-25(37-5)15-17-26)20-28(33)27(18-24-12-7-6-8-13-24)31-30(34)29-22(3)10-9-11-23(29)4/h6-17,21,27-28,33H,18-20H2,1-5H3,(H,31,34)/t27-,28+/m0/s1. The molecule has 1 amide bonds. The van der Waals surface area contributed by atoms with E-state index in [1.54, 1.807) is 12.1 Å². The first-order chi connectivity index (χ1) is 18.0. The van der Waals surface area contributed by atoms with E-state index >= 15 is 0 Å². The van der Waals surface area contributed by atoms with Crippen LogP contribution < -0.4 is 10.1 Å². The molecule has 0 fully saturated rings. The van der Waals surface area contributed by atoms with Gasteiger partial charge >= 0.3 is 0 Å². The molecule has 0 saturated heterocycles. The number of aliphatic hydroxyl groups is 1. The highest BCUT2D eigenvalue weighted by atomic mass is 32.2. The molecule has 0 spiro atoms. The molecule has 0 saturated carbocycles. The number of methoxy groups -OCH3 is 1. The number of carbonyl (C=O) groups excluding carboxylic acids is 1. The van der Waals surface area contributed by atoms with Gasteiger partial charge in [-0.3, -0.25) is 4.79 Å². The lowest BCUT2D eigenvalue weighted by Crippen LogP contribution is -2.51.